The van der Waals surface area contributed by atoms with Crippen molar-refractivity contribution < 1.29 is 24.5 Å². The number of rotatable bonds is 74. The highest BCUT2D eigenvalue weighted by molar-refractivity contribution is 5.76. The molecule has 0 fully saturated rings. The zero-order valence-electron chi connectivity index (χ0n) is 58.8. The minimum atomic E-state index is -0.845. The van der Waals surface area contributed by atoms with Gasteiger partial charge in [0.05, 0.1) is 25.4 Å². The van der Waals surface area contributed by atoms with Crippen molar-refractivity contribution in [1.82, 2.24) is 5.32 Å². The number of aliphatic hydroxyl groups is 2. The Balaban J connectivity index is 3.39. The number of nitrogens with one attached hydrogen (secondary N) is 1. The molecule has 87 heavy (non-hydrogen) atoms. The molecule has 6 heteroatoms. The van der Waals surface area contributed by atoms with Gasteiger partial charge in [0.1, 0.15) is 0 Å². The maximum atomic E-state index is 12.6. The van der Waals surface area contributed by atoms with Gasteiger partial charge in [-0.25, -0.2) is 0 Å². The van der Waals surface area contributed by atoms with Gasteiger partial charge >= 0.3 is 5.97 Å². The molecular weight excluding hydrogens is 1070 g/mol. The summed E-state index contributed by atoms with van der Waals surface area (Å²) in [5.41, 5.74) is 0. The van der Waals surface area contributed by atoms with Gasteiger partial charge in [-0.1, -0.05) is 377 Å². The van der Waals surface area contributed by atoms with Crippen molar-refractivity contribution in [3.05, 3.63) is 48.6 Å². The molecule has 2 unspecified atom stereocenters. The number of carbonyl (C=O) groups is 2. The van der Waals surface area contributed by atoms with Crippen molar-refractivity contribution in [3.8, 4) is 0 Å². The second-order valence-corrected chi connectivity index (χ2v) is 27.0. The van der Waals surface area contributed by atoms with E-state index in [0.717, 1.165) is 51.4 Å². The minimum absolute atomic E-state index is 0.00377. The number of hydrogen-bond acceptors (Lipinski definition) is 5. The quantitative estimate of drug-likeness (QED) is 0.0320. The molecule has 1 amide bonds. The first-order valence-corrected chi connectivity index (χ1v) is 39.4. The molecule has 512 valence electrons. The van der Waals surface area contributed by atoms with Crippen LogP contribution in [0.3, 0.4) is 0 Å². The number of ether oxygens (including phenoxy) is 1. The van der Waals surface area contributed by atoms with Gasteiger partial charge in [0.15, 0.2) is 0 Å². The molecule has 0 rings (SSSR count). The van der Waals surface area contributed by atoms with Crippen molar-refractivity contribution >= 4 is 11.9 Å². The van der Waals surface area contributed by atoms with Gasteiger partial charge in [0, 0.05) is 12.8 Å². The third-order valence-corrected chi connectivity index (χ3v) is 18.3. The second-order valence-electron chi connectivity index (χ2n) is 27.0. The van der Waals surface area contributed by atoms with Crippen LogP contribution in [0.1, 0.15) is 431 Å². The Bertz CT molecular complexity index is 1450. The number of esters is 1. The first-order valence-electron chi connectivity index (χ1n) is 39.4. The highest BCUT2D eigenvalue weighted by atomic mass is 16.5. The third kappa shape index (κ3) is 72.8. The van der Waals surface area contributed by atoms with Crippen LogP contribution in [-0.4, -0.2) is 47.4 Å². The number of allylic oxidation sites excluding steroid dienone is 7. The van der Waals surface area contributed by atoms with Crippen molar-refractivity contribution in [1.29, 1.82) is 0 Å². The molecule has 0 heterocycles. The molecule has 0 saturated heterocycles. The van der Waals surface area contributed by atoms with E-state index < -0.39 is 12.1 Å². The van der Waals surface area contributed by atoms with Crippen LogP contribution in [0.2, 0.25) is 0 Å². The largest absolute Gasteiger partial charge is 0.466 e. The van der Waals surface area contributed by atoms with Gasteiger partial charge in [-0.15, -0.1) is 0 Å². The standard InChI is InChI=1S/C81H153NO5/c1-3-5-7-9-11-13-15-17-19-20-21-22-23-33-36-39-42-46-49-53-57-61-65-69-73-79(84)78(77-83)82-80(85)74-70-66-62-58-54-50-47-43-40-37-34-31-29-27-25-24-26-28-30-32-35-38-41-44-48-52-56-60-64-68-72-76-87-81(86)75-71-67-63-59-55-51-45-18-16-14-12-10-8-6-4-2/h12,14,18,26,28,45,69,73,78-79,83-84H,3-11,13,15-17,19-25,27,29-44,46-68,70-72,74-77H2,1-2H3,(H,82,85)/b14-12-,28-26-,45-18-,73-69+. The fourth-order valence-electron chi connectivity index (χ4n) is 12.3. The van der Waals surface area contributed by atoms with E-state index in [1.165, 1.54) is 353 Å². The van der Waals surface area contributed by atoms with Crippen LogP contribution >= 0.6 is 0 Å². The molecule has 0 aliphatic heterocycles. The fraction of sp³-hybridized carbons (Fsp3) is 0.877. The van der Waals surface area contributed by atoms with Crippen molar-refractivity contribution in [2.75, 3.05) is 13.2 Å². The van der Waals surface area contributed by atoms with Crippen LogP contribution in [0.15, 0.2) is 48.6 Å². The topological polar surface area (TPSA) is 95.9 Å². The zero-order valence-corrected chi connectivity index (χ0v) is 58.8. The maximum absolute atomic E-state index is 12.6. The first-order chi connectivity index (χ1) is 43.0. The number of aliphatic hydroxyl groups excluding tert-OH is 2. The Labute approximate surface area is 544 Å². The van der Waals surface area contributed by atoms with Gasteiger partial charge in [0.25, 0.3) is 0 Å². The molecule has 0 aromatic heterocycles. The molecule has 0 aliphatic carbocycles. The van der Waals surface area contributed by atoms with E-state index in [1.807, 2.05) is 6.08 Å². The average molecular weight is 1220 g/mol. The maximum Gasteiger partial charge on any atom is 0.305 e. The molecule has 0 bridgehead atoms. The minimum Gasteiger partial charge on any atom is -0.466 e. The Morgan fingerprint density at radius 3 is 0.908 bits per heavy atom. The van der Waals surface area contributed by atoms with Gasteiger partial charge < -0.3 is 20.3 Å². The molecule has 0 aromatic carbocycles. The number of amides is 1. The summed E-state index contributed by atoms with van der Waals surface area (Å²) in [6.45, 7) is 4.91. The molecule has 0 aromatic rings. The van der Waals surface area contributed by atoms with Crippen LogP contribution in [0.4, 0.5) is 0 Å². The molecule has 0 radical (unpaired) electrons. The first kappa shape index (κ1) is 84.8. The van der Waals surface area contributed by atoms with E-state index >= 15 is 0 Å². The molecule has 3 N–H and O–H groups in total. The SMILES string of the molecule is CCCCC/C=C\C/C=C\CCCCCCCC(=O)OCCCCCCCCCCCCCC/C=C\CCCCCCCCCCCCCCCCCC(=O)NC(CO)C(O)/C=C/CCCCCCCCCCCCCCCCCCCCCCCC. The molecule has 6 nitrogen and oxygen atoms in total. The van der Waals surface area contributed by atoms with Gasteiger partial charge in [-0.05, 0) is 89.9 Å². The predicted molar refractivity (Wildman–Crippen MR) is 384 cm³/mol. The Kier molecular flexibility index (Phi) is 74.4. The molecule has 2 atom stereocenters. The van der Waals surface area contributed by atoms with E-state index in [4.69, 9.17) is 4.74 Å². The van der Waals surface area contributed by atoms with E-state index in [9.17, 15) is 19.8 Å². The molecule has 0 saturated carbocycles. The van der Waals surface area contributed by atoms with Gasteiger partial charge in [0.2, 0.25) is 5.91 Å². The van der Waals surface area contributed by atoms with Gasteiger partial charge in [-0.2, -0.15) is 0 Å². The number of carbonyl (C=O) groups excluding carboxylic acids is 2. The Hall–Kier alpha value is -2.18. The monoisotopic (exact) mass is 1220 g/mol. The van der Waals surface area contributed by atoms with Gasteiger partial charge in [-0.3, -0.25) is 9.59 Å². The highest BCUT2D eigenvalue weighted by Crippen LogP contribution is 2.19. The van der Waals surface area contributed by atoms with E-state index in [0.29, 0.717) is 19.4 Å². The summed E-state index contributed by atoms with van der Waals surface area (Å²) < 4.78 is 5.49. The normalized spacial score (nSPS) is 12.7. The van der Waals surface area contributed by atoms with E-state index in [1.54, 1.807) is 6.08 Å². The van der Waals surface area contributed by atoms with E-state index in [-0.39, 0.29) is 18.5 Å². The van der Waals surface area contributed by atoms with Crippen LogP contribution in [0.25, 0.3) is 0 Å². The lowest BCUT2D eigenvalue weighted by Gasteiger charge is -2.20. The Morgan fingerprint density at radius 2 is 0.575 bits per heavy atom. The van der Waals surface area contributed by atoms with Crippen LogP contribution in [-0.2, 0) is 14.3 Å². The van der Waals surface area contributed by atoms with Crippen LogP contribution in [0, 0.1) is 0 Å². The summed E-state index contributed by atoms with van der Waals surface area (Å²) in [4.78, 5) is 24.6. The molecule has 0 aliphatic rings. The molecular formula is C81H153NO5. The summed E-state index contributed by atoms with van der Waals surface area (Å²) in [6, 6.07) is -0.628. The van der Waals surface area contributed by atoms with E-state index in [2.05, 4.69) is 55.6 Å². The lowest BCUT2D eigenvalue weighted by molar-refractivity contribution is -0.143. The van der Waals surface area contributed by atoms with Crippen LogP contribution < -0.4 is 5.32 Å². The Morgan fingerprint density at radius 1 is 0.322 bits per heavy atom. The fourth-order valence-corrected chi connectivity index (χ4v) is 12.3. The lowest BCUT2D eigenvalue weighted by atomic mass is 10.0. The summed E-state index contributed by atoms with van der Waals surface area (Å²) in [5, 5.41) is 23.3. The zero-order chi connectivity index (χ0) is 62.8. The van der Waals surface area contributed by atoms with Crippen molar-refractivity contribution in [3.63, 3.8) is 0 Å². The van der Waals surface area contributed by atoms with Crippen LogP contribution in [0.5, 0.6) is 0 Å². The third-order valence-electron chi connectivity index (χ3n) is 18.3. The smallest absolute Gasteiger partial charge is 0.305 e. The highest BCUT2D eigenvalue weighted by Gasteiger charge is 2.18. The summed E-state index contributed by atoms with van der Waals surface area (Å²) in [6.07, 6.45) is 101. The summed E-state index contributed by atoms with van der Waals surface area (Å²) >= 11 is 0. The second kappa shape index (κ2) is 76.3. The molecule has 0 spiro atoms. The number of hydrogen-bond donors (Lipinski definition) is 3. The lowest BCUT2D eigenvalue weighted by Crippen LogP contribution is -2.45. The van der Waals surface area contributed by atoms with Crippen molar-refractivity contribution in [2.24, 2.45) is 0 Å². The predicted octanol–water partition coefficient (Wildman–Crippen LogP) is 26.0. The van der Waals surface area contributed by atoms with Crippen molar-refractivity contribution in [2.45, 2.75) is 443 Å². The summed E-state index contributed by atoms with van der Waals surface area (Å²) in [5.74, 6) is -0.0577. The average Bonchev–Trinajstić information content (AvgIpc) is 3.53. The summed E-state index contributed by atoms with van der Waals surface area (Å²) in [7, 11) is 0. The number of unbranched alkanes of at least 4 members (excludes halogenated alkanes) is 57.